The van der Waals surface area contributed by atoms with Gasteiger partial charge >= 0.3 is 0 Å². The van der Waals surface area contributed by atoms with E-state index in [0.717, 1.165) is 21.7 Å². The van der Waals surface area contributed by atoms with Crippen LogP contribution in [-0.2, 0) is 14.8 Å². The number of sulfonamides is 1. The predicted octanol–water partition coefficient (Wildman–Crippen LogP) is 4.64. The van der Waals surface area contributed by atoms with Gasteiger partial charge in [0.1, 0.15) is 6.54 Å². The standard InChI is InChI=1S/C20H24Cl2N2O3S/c1-5-19(15-7-6-13(2)14(3)10-15)23-20(25)12-24(28(4,26)27)16-8-9-17(21)18(22)11-16/h6-11,19H,5,12H2,1-4H3,(H,23,25)/t19-/m0/s1. The number of nitrogens with one attached hydrogen (secondary N) is 1. The van der Waals surface area contributed by atoms with Crippen molar-refractivity contribution in [3.8, 4) is 0 Å². The molecule has 8 heteroatoms. The fourth-order valence-electron chi connectivity index (χ4n) is 2.81. The number of nitrogens with zero attached hydrogens (tertiary/aromatic N) is 1. The van der Waals surface area contributed by atoms with Crippen LogP contribution in [0.3, 0.4) is 0 Å². The summed E-state index contributed by atoms with van der Waals surface area (Å²) in [7, 11) is -3.69. The number of aryl methyl sites for hydroxylation is 2. The third kappa shape index (κ3) is 5.63. The fourth-order valence-corrected chi connectivity index (χ4v) is 3.95. The second-order valence-corrected chi connectivity index (χ2v) is 9.46. The molecule has 5 nitrogen and oxygen atoms in total. The average molecular weight is 443 g/mol. The monoisotopic (exact) mass is 442 g/mol. The summed E-state index contributed by atoms with van der Waals surface area (Å²) in [6.45, 7) is 5.66. The predicted molar refractivity (Wildman–Crippen MR) is 116 cm³/mol. The molecular weight excluding hydrogens is 419 g/mol. The van der Waals surface area contributed by atoms with Crippen molar-refractivity contribution >= 4 is 44.8 Å². The first-order valence-corrected chi connectivity index (χ1v) is 11.4. The lowest BCUT2D eigenvalue weighted by atomic mass is 9.99. The van der Waals surface area contributed by atoms with E-state index in [0.29, 0.717) is 11.4 Å². The van der Waals surface area contributed by atoms with Gasteiger partial charge in [-0.15, -0.1) is 0 Å². The molecule has 152 valence electrons. The van der Waals surface area contributed by atoms with Crippen molar-refractivity contribution in [3.05, 3.63) is 63.1 Å². The quantitative estimate of drug-likeness (QED) is 0.678. The largest absolute Gasteiger partial charge is 0.348 e. The van der Waals surface area contributed by atoms with Crippen LogP contribution in [0.25, 0.3) is 0 Å². The van der Waals surface area contributed by atoms with Crippen LogP contribution in [0.15, 0.2) is 36.4 Å². The average Bonchev–Trinajstić information content (AvgIpc) is 2.61. The highest BCUT2D eigenvalue weighted by atomic mass is 35.5. The molecule has 0 saturated heterocycles. The summed E-state index contributed by atoms with van der Waals surface area (Å²) in [5, 5.41) is 3.45. The van der Waals surface area contributed by atoms with E-state index in [1.165, 1.54) is 23.8 Å². The van der Waals surface area contributed by atoms with Gasteiger partial charge in [-0.2, -0.15) is 0 Å². The Morgan fingerprint density at radius 3 is 2.29 bits per heavy atom. The molecule has 0 aliphatic heterocycles. The SMILES string of the molecule is CC[C@H](NC(=O)CN(c1ccc(Cl)c(Cl)c1)S(C)(=O)=O)c1ccc(C)c(C)c1. The molecule has 0 aliphatic carbocycles. The number of hydrogen-bond acceptors (Lipinski definition) is 3. The van der Waals surface area contributed by atoms with Gasteiger partial charge in [0.25, 0.3) is 0 Å². The van der Waals surface area contributed by atoms with Crippen LogP contribution in [0.1, 0.15) is 36.1 Å². The second kappa shape index (κ2) is 9.16. The van der Waals surface area contributed by atoms with Crippen LogP contribution < -0.4 is 9.62 Å². The molecule has 0 aromatic heterocycles. The molecule has 0 heterocycles. The highest BCUT2D eigenvalue weighted by molar-refractivity contribution is 7.92. The molecule has 2 rings (SSSR count). The molecule has 2 aromatic rings. The summed E-state index contributed by atoms with van der Waals surface area (Å²) in [5.41, 5.74) is 3.58. The van der Waals surface area contributed by atoms with Crippen LogP contribution in [-0.4, -0.2) is 27.1 Å². The summed E-state index contributed by atoms with van der Waals surface area (Å²) >= 11 is 11.9. The molecule has 0 saturated carbocycles. The Labute approximate surface area is 176 Å². The van der Waals surface area contributed by atoms with Crippen LogP contribution >= 0.6 is 23.2 Å². The summed E-state index contributed by atoms with van der Waals surface area (Å²) < 4.78 is 25.5. The van der Waals surface area contributed by atoms with Gasteiger partial charge < -0.3 is 5.32 Å². The van der Waals surface area contributed by atoms with Gasteiger partial charge in [-0.3, -0.25) is 9.10 Å². The zero-order valence-electron chi connectivity index (χ0n) is 16.3. The van der Waals surface area contributed by atoms with E-state index in [4.69, 9.17) is 23.2 Å². The lowest BCUT2D eigenvalue weighted by Crippen LogP contribution is -2.41. The maximum absolute atomic E-state index is 12.6. The lowest BCUT2D eigenvalue weighted by Gasteiger charge is -2.24. The summed E-state index contributed by atoms with van der Waals surface area (Å²) in [4.78, 5) is 12.6. The number of rotatable bonds is 7. The third-order valence-corrected chi connectivity index (χ3v) is 6.44. The van der Waals surface area contributed by atoms with E-state index < -0.39 is 15.9 Å². The minimum absolute atomic E-state index is 0.206. The van der Waals surface area contributed by atoms with Crippen molar-refractivity contribution < 1.29 is 13.2 Å². The zero-order valence-corrected chi connectivity index (χ0v) is 18.6. The van der Waals surface area contributed by atoms with Gasteiger partial charge in [-0.05, 0) is 55.2 Å². The Balaban J connectivity index is 2.22. The molecule has 0 bridgehead atoms. The lowest BCUT2D eigenvalue weighted by molar-refractivity contribution is -0.120. The van der Waals surface area contributed by atoms with E-state index in [1.807, 2.05) is 39.0 Å². The Bertz CT molecular complexity index is 977. The first-order valence-electron chi connectivity index (χ1n) is 8.82. The van der Waals surface area contributed by atoms with Crippen molar-refractivity contribution in [1.82, 2.24) is 5.32 Å². The summed E-state index contributed by atoms with van der Waals surface area (Å²) in [6, 6.07) is 10.3. The van der Waals surface area contributed by atoms with Crippen molar-refractivity contribution in [2.45, 2.75) is 33.2 Å². The minimum atomic E-state index is -3.69. The van der Waals surface area contributed by atoms with Gasteiger partial charge in [-0.25, -0.2) is 8.42 Å². The van der Waals surface area contributed by atoms with Crippen LogP contribution in [0, 0.1) is 13.8 Å². The Kier molecular flexibility index (Phi) is 7.37. The summed E-state index contributed by atoms with van der Waals surface area (Å²) in [5.74, 6) is -0.401. The highest BCUT2D eigenvalue weighted by Gasteiger charge is 2.23. The molecule has 1 amide bonds. The van der Waals surface area contributed by atoms with Crippen LogP contribution in [0.5, 0.6) is 0 Å². The third-order valence-electron chi connectivity index (χ3n) is 4.56. The number of carbonyl (C=O) groups is 1. The number of benzene rings is 2. The summed E-state index contributed by atoms with van der Waals surface area (Å²) in [6.07, 6.45) is 1.73. The molecule has 0 spiro atoms. The molecule has 0 aliphatic rings. The number of halogens is 2. The van der Waals surface area contributed by atoms with Crippen LogP contribution in [0.2, 0.25) is 10.0 Å². The van der Waals surface area contributed by atoms with E-state index in [2.05, 4.69) is 5.32 Å². The molecule has 0 radical (unpaired) electrons. The van der Waals surface area contributed by atoms with Gasteiger partial charge in [-0.1, -0.05) is 48.3 Å². The molecule has 1 N–H and O–H groups in total. The molecule has 28 heavy (non-hydrogen) atoms. The zero-order chi connectivity index (χ0) is 21.1. The van der Waals surface area contributed by atoms with Gasteiger partial charge in [0.2, 0.25) is 15.9 Å². The molecular formula is C20H24Cl2N2O3S. The smallest absolute Gasteiger partial charge is 0.241 e. The second-order valence-electron chi connectivity index (χ2n) is 6.74. The number of anilines is 1. The molecule has 0 fully saturated rings. The number of amides is 1. The van der Waals surface area contributed by atoms with E-state index in [1.54, 1.807) is 0 Å². The number of hydrogen-bond donors (Lipinski definition) is 1. The Hall–Kier alpha value is -1.76. The molecule has 0 unspecified atom stereocenters. The molecule has 2 aromatic carbocycles. The van der Waals surface area contributed by atoms with E-state index in [9.17, 15) is 13.2 Å². The van der Waals surface area contributed by atoms with E-state index >= 15 is 0 Å². The van der Waals surface area contributed by atoms with Crippen LogP contribution in [0.4, 0.5) is 5.69 Å². The van der Waals surface area contributed by atoms with E-state index in [-0.39, 0.29) is 23.3 Å². The topological polar surface area (TPSA) is 66.5 Å². The fraction of sp³-hybridized carbons (Fsp3) is 0.350. The van der Waals surface area contributed by atoms with Gasteiger partial charge in [0.05, 0.1) is 28.0 Å². The normalized spacial score (nSPS) is 12.5. The van der Waals surface area contributed by atoms with Crippen molar-refractivity contribution in [3.63, 3.8) is 0 Å². The molecule has 1 atom stereocenters. The Morgan fingerprint density at radius 2 is 1.75 bits per heavy atom. The van der Waals surface area contributed by atoms with Crippen molar-refractivity contribution in [2.24, 2.45) is 0 Å². The Morgan fingerprint density at radius 1 is 1.07 bits per heavy atom. The van der Waals surface area contributed by atoms with Gasteiger partial charge in [0, 0.05) is 0 Å². The van der Waals surface area contributed by atoms with Crippen molar-refractivity contribution in [1.29, 1.82) is 0 Å². The first-order chi connectivity index (χ1) is 13.0. The van der Waals surface area contributed by atoms with Crippen molar-refractivity contribution in [2.75, 3.05) is 17.1 Å². The maximum atomic E-state index is 12.6. The van der Waals surface area contributed by atoms with Gasteiger partial charge in [0.15, 0.2) is 0 Å². The first kappa shape index (κ1) is 22.5. The highest BCUT2D eigenvalue weighted by Crippen LogP contribution is 2.28. The maximum Gasteiger partial charge on any atom is 0.241 e. The minimum Gasteiger partial charge on any atom is -0.348 e. The number of carbonyl (C=O) groups excluding carboxylic acids is 1.